The molecule has 6 heteroatoms. The Morgan fingerprint density at radius 3 is 2.52 bits per heavy atom. The summed E-state index contributed by atoms with van der Waals surface area (Å²) in [5.74, 6) is -0.613. The van der Waals surface area contributed by atoms with Crippen molar-refractivity contribution >= 4 is 23.5 Å². The summed E-state index contributed by atoms with van der Waals surface area (Å²) in [5, 5.41) is 10.0. The topological polar surface area (TPSA) is 66.8 Å². The van der Waals surface area contributed by atoms with Crippen LogP contribution in [0.15, 0.2) is 66.7 Å². The Labute approximate surface area is 198 Å². The van der Waals surface area contributed by atoms with E-state index < -0.39 is 11.6 Å². The lowest BCUT2D eigenvalue weighted by atomic mass is 9.91. The van der Waals surface area contributed by atoms with Crippen LogP contribution in [0.4, 0.5) is 0 Å². The lowest BCUT2D eigenvalue weighted by molar-refractivity contribution is -0.137. The molecule has 1 N–H and O–H groups in total. The van der Waals surface area contributed by atoms with Crippen LogP contribution in [-0.2, 0) is 24.2 Å². The van der Waals surface area contributed by atoms with Gasteiger partial charge in [0, 0.05) is 30.0 Å². The van der Waals surface area contributed by atoms with E-state index in [1.807, 2.05) is 68.4 Å². The van der Waals surface area contributed by atoms with E-state index in [1.54, 1.807) is 12.1 Å². The number of carbonyl (C=O) groups excluding carboxylic acids is 1. The van der Waals surface area contributed by atoms with Crippen molar-refractivity contribution in [2.45, 2.75) is 38.8 Å². The highest BCUT2D eigenvalue weighted by Gasteiger charge is 2.35. The van der Waals surface area contributed by atoms with Gasteiger partial charge in [0.15, 0.2) is 0 Å². The molecule has 0 aliphatic carbocycles. The predicted octanol–water partition coefficient (Wildman–Crippen LogP) is 5.31. The Hall–Kier alpha value is -3.31. The number of carboxylic acids is 1. The van der Waals surface area contributed by atoms with Gasteiger partial charge in [-0.05, 0) is 60.9 Å². The molecule has 4 rings (SSSR count). The Morgan fingerprint density at radius 2 is 1.82 bits per heavy atom. The van der Waals surface area contributed by atoms with Gasteiger partial charge in [0.1, 0.15) is 17.9 Å². The van der Waals surface area contributed by atoms with Crippen molar-refractivity contribution in [1.82, 2.24) is 4.90 Å². The number of aliphatic carboxylic acids is 1. The van der Waals surface area contributed by atoms with Crippen molar-refractivity contribution < 1.29 is 19.4 Å². The number of carboxylic acid groups (broad SMARTS) is 1. The van der Waals surface area contributed by atoms with Gasteiger partial charge in [-0.25, -0.2) is 0 Å². The predicted molar refractivity (Wildman–Crippen MR) is 128 cm³/mol. The fourth-order valence-corrected chi connectivity index (χ4v) is 4.50. The summed E-state index contributed by atoms with van der Waals surface area (Å²) in [6.07, 6.45) is 1.33. The maximum atomic E-state index is 13.2. The molecule has 0 saturated heterocycles. The van der Waals surface area contributed by atoms with Gasteiger partial charge in [0.05, 0.1) is 0 Å². The summed E-state index contributed by atoms with van der Waals surface area (Å²) in [5.41, 5.74) is 4.02. The largest absolute Gasteiger partial charge is 0.487 e. The van der Waals surface area contributed by atoms with Crippen molar-refractivity contribution in [3.63, 3.8) is 0 Å². The third-order valence-electron chi connectivity index (χ3n) is 5.80. The van der Waals surface area contributed by atoms with Crippen molar-refractivity contribution in [1.29, 1.82) is 0 Å². The molecule has 0 aromatic heterocycles. The smallest absolute Gasteiger partial charge is 0.323 e. The minimum Gasteiger partial charge on any atom is -0.487 e. The van der Waals surface area contributed by atoms with Gasteiger partial charge in [0.2, 0.25) is 0 Å². The number of fused-ring (bicyclic) bond motifs is 1. The summed E-state index contributed by atoms with van der Waals surface area (Å²) >= 11 is 6.13. The van der Waals surface area contributed by atoms with E-state index in [-0.39, 0.29) is 19.0 Å². The van der Waals surface area contributed by atoms with Gasteiger partial charge >= 0.3 is 5.97 Å². The third kappa shape index (κ3) is 5.55. The van der Waals surface area contributed by atoms with Crippen LogP contribution >= 0.6 is 11.6 Å². The lowest BCUT2D eigenvalue weighted by Gasteiger charge is -2.24. The van der Waals surface area contributed by atoms with Crippen molar-refractivity contribution in [3.8, 4) is 5.75 Å². The summed E-state index contributed by atoms with van der Waals surface area (Å²) in [6.45, 7) is 3.89. The summed E-state index contributed by atoms with van der Waals surface area (Å²) in [4.78, 5) is 26.0. The van der Waals surface area contributed by atoms with Gasteiger partial charge < -0.3 is 14.7 Å². The Balaban J connectivity index is 1.53. The van der Waals surface area contributed by atoms with Crippen molar-refractivity contribution in [3.05, 3.63) is 99.6 Å². The van der Waals surface area contributed by atoms with Gasteiger partial charge in [-0.2, -0.15) is 0 Å². The van der Waals surface area contributed by atoms with Crippen LogP contribution in [0.1, 0.15) is 39.5 Å². The van der Waals surface area contributed by atoms with Gasteiger partial charge in [-0.15, -0.1) is 0 Å². The molecule has 0 bridgehead atoms. The Kier molecular flexibility index (Phi) is 6.43. The minimum atomic E-state index is -1.05. The number of nitrogens with zero attached hydrogens (tertiary/aromatic N) is 1. The molecule has 1 aliphatic rings. The molecule has 1 heterocycles. The zero-order valence-electron chi connectivity index (χ0n) is 18.7. The second-order valence-electron chi connectivity index (χ2n) is 8.90. The lowest BCUT2D eigenvalue weighted by Crippen LogP contribution is -2.35. The first kappa shape index (κ1) is 22.9. The first-order valence-electron chi connectivity index (χ1n) is 10.8. The van der Waals surface area contributed by atoms with E-state index >= 15 is 0 Å². The number of hydrogen-bond donors (Lipinski definition) is 1. The molecule has 1 atom stereocenters. The second kappa shape index (κ2) is 9.28. The zero-order chi connectivity index (χ0) is 23.6. The number of benzene rings is 3. The molecule has 0 radical (unpaired) electrons. The third-order valence-corrected chi connectivity index (χ3v) is 6.04. The highest BCUT2D eigenvalue weighted by Crippen LogP contribution is 2.38. The number of carbonyl (C=O) groups is 2. The van der Waals surface area contributed by atoms with Gasteiger partial charge in [-0.3, -0.25) is 9.59 Å². The minimum absolute atomic E-state index is 0.228. The van der Waals surface area contributed by atoms with Crippen LogP contribution < -0.4 is 4.74 Å². The van der Waals surface area contributed by atoms with Gasteiger partial charge in [-0.1, -0.05) is 53.6 Å². The molecule has 3 aromatic rings. The number of rotatable bonds is 7. The molecule has 1 aliphatic heterocycles. The summed E-state index contributed by atoms with van der Waals surface area (Å²) < 4.78 is 6.24. The Bertz CT molecular complexity index is 1190. The average molecular weight is 464 g/mol. The van der Waals surface area contributed by atoms with Crippen molar-refractivity contribution in [2.75, 3.05) is 6.54 Å². The molecule has 3 aromatic carbocycles. The monoisotopic (exact) mass is 463 g/mol. The number of halogens is 1. The molecule has 0 saturated carbocycles. The molecule has 0 spiro atoms. The van der Waals surface area contributed by atoms with E-state index in [0.29, 0.717) is 23.4 Å². The SMILES string of the molecule is Cc1ccc(CN(CC(=O)O)C(=O)c2ccc3c(c2)C[C@@](C)(Cc2cccc(Cl)c2)O3)cc1. The molecule has 5 nitrogen and oxygen atoms in total. The molecule has 0 fully saturated rings. The first-order valence-corrected chi connectivity index (χ1v) is 11.2. The van der Waals surface area contributed by atoms with Crippen LogP contribution in [-0.4, -0.2) is 34.0 Å². The molecule has 170 valence electrons. The first-order chi connectivity index (χ1) is 15.7. The number of ether oxygens (including phenoxy) is 1. The molecular formula is C27H26ClNO4. The van der Waals surface area contributed by atoms with Crippen LogP contribution in [0, 0.1) is 6.92 Å². The summed E-state index contributed by atoms with van der Waals surface area (Å²) in [6, 6.07) is 20.8. The van der Waals surface area contributed by atoms with Crippen LogP contribution in [0.3, 0.4) is 0 Å². The molecule has 1 amide bonds. The average Bonchev–Trinajstić information content (AvgIpc) is 3.08. The second-order valence-corrected chi connectivity index (χ2v) is 9.33. The van der Waals surface area contributed by atoms with Crippen LogP contribution in [0.25, 0.3) is 0 Å². The zero-order valence-corrected chi connectivity index (χ0v) is 19.4. The van der Waals surface area contributed by atoms with E-state index in [2.05, 4.69) is 0 Å². The highest BCUT2D eigenvalue weighted by atomic mass is 35.5. The van der Waals surface area contributed by atoms with E-state index in [1.165, 1.54) is 4.90 Å². The van der Waals surface area contributed by atoms with Crippen LogP contribution in [0.5, 0.6) is 5.75 Å². The standard InChI is InChI=1S/C27H26ClNO4/c1-18-6-8-19(9-7-18)16-29(17-25(30)31)26(32)21-10-11-24-22(13-21)15-27(2,33-24)14-20-4-3-5-23(28)12-20/h3-13H,14-17H2,1-2H3,(H,30,31)/t27-/m1/s1. The molecular weight excluding hydrogens is 438 g/mol. The number of amides is 1. The summed E-state index contributed by atoms with van der Waals surface area (Å²) in [7, 11) is 0. The van der Waals surface area contributed by atoms with E-state index in [4.69, 9.17) is 16.3 Å². The maximum Gasteiger partial charge on any atom is 0.323 e. The fraction of sp³-hybridized carbons (Fsp3) is 0.259. The van der Waals surface area contributed by atoms with Crippen LogP contribution in [0.2, 0.25) is 5.02 Å². The van der Waals surface area contributed by atoms with E-state index in [0.717, 1.165) is 28.0 Å². The quantitative estimate of drug-likeness (QED) is 0.515. The van der Waals surface area contributed by atoms with Crippen molar-refractivity contribution in [2.24, 2.45) is 0 Å². The van der Waals surface area contributed by atoms with E-state index in [9.17, 15) is 14.7 Å². The normalized spacial score (nSPS) is 16.7. The number of aryl methyl sites for hydroxylation is 1. The fourth-order valence-electron chi connectivity index (χ4n) is 4.29. The Morgan fingerprint density at radius 1 is 1.06 bits per heavy atom. The molecule has 0 unspecified atom stereocenters. The maximum absolute atomic E-state index is 13.2. The highest BCUT2D eigenvalue weighted by molar-refractivity contribution is 6.30. The number of hydrogen-bond acceptors (Lipinski definition) is 3. The van der Waals surface area contributed by atoms with Gasteiger partial charge in [0.25, 0.3) is 5.91 Å². The molecule has 33 heavy (non-hydrogen) atoms.